The molecule has 0 spiro atoms. The molecule has 28 heavy (non-hydrogen) atoms. The highest BCUT2D eigenvalue weighted by Gasteiger charge is 2.24. The third-order valence-electron chi connectivity index (χ3n) is 5.58. The number of rotatable bonds is 4. The lowest BCUT2D eigenvalue weighted by Gasteiger charge is -2.26. The van der Waals surface area contributed by atoms with E-state index in [-0.39, 0.29) is 23.7 Å². The summed E-state index contributed by atoms with van der Waals surface area (Å²) in [6, 6.07) is 13.4. The second-order valence-electron chi connectivity index (χ2n) is 7.66. The largest absolute Gasteiger partial charge is 0.393 e. The zero-order valence-electron chi connectivity index (χ0n) is 15.9. The number of nitrogens with one attached hydrogen (secondary N) is 2. The number of aliphatic hydroxyl groups is 1. The Morgan fingerprint density at radius 3 is 2.57 bits per heavy atom. The van der Waals surface area contributed by atoms with E-state index in [0.717, 1.165) is 23.9 Å². The van der Waals surface area contributed by atoms with Crippen LogP contribution in [0.4, 0.5) is 0 Å². The fraction of sp³-hybridized carbons (Fsp3) is 0.364. The number of carbonyl (C=O) groups excluding carboxylic acids is 1. The minimum atomic E-state index is -0.263. The number of carbonyl (C=O) groups is 1. The van der Waals surface area contributed by atoms with Crippen LogP contribution in [0.5, 0.6) is 0 Å². The Labute approximate surface area is 163 Å². The number of aromatic nitrogens is 2. The second-order valence-corrected chi connectivity index (χ2v) is 7.66. The first kappa shape index (κ1) is 18.5. The Hall–Kier alpha value is -2.86. The molecule has 1 aromatic heterocycles. The quantitative estimate of drug-likeness (QED) is 0.651. The Morgan fingerprint density at radius 2 is 1.86 bits per heavy atom. The zero-order valence-corrected chi connectivity index (χ0v) is 15.9. The van der Waals surface area contributed by atoms with Gasteiger partial charge in [0.2, 0.25) is 0 Å². The maximum atomic E-state index is 12.5. The molecule has 4 rings (SSSR count). The van der Waals surface area contributed by atoms with E-state index < -0.39 is 0 Å². The van der Waals surface area contributed by atoms with Gasteiger partial charge in [0.25, 0.3) is 5.91 Å². The maximum Gasteiger partial charge on any atom is 0.326 e. The Morgan fingerprint density at radius 1 is 1.14 bits per heavy atom. The zero-order chi connectivity index (χ0) is 19.7. The van der Waals surface area contributed by atoms with E-state index in [1.54, 1.807) is 16.7 Å². The van der Waals surface area contributed by atoms with E-state index in [1.807, 2.05) is 37.3 Å². The molecule has 1 saturated carbocycles. The van der Waals surface area contributed by atoms with Gasteiger partial charge in [0, 0.05) is 18.2 Å². The van der Waals surface area contributed by atoms with Crippen LogP contribution in [0.15, 0.2) is 47.3 Å². The number of aliphatic hydroxyl groups excluding tert-OH is 1. The SMILES string of the molecule is Cc1ccc(CNC(=O)c2ccc3c(c2)[nH]c(=O)n3C2CCC(O)CC2)cc1. The van der Waals surface area contributed by atoms with E-state index in [9.17, 15) is 14.7 Å². The second kappa shape index (κ2) is 7.64. The molecule has 0 saturated heterocycles. The fourth-order valence-electron chi connectivity index (χ4n) is 3.94. The number of nitrogens with zero attached hydrogens (tertiary/aromatic N) is 1. The summed E-state index contributed by atoms with van der Waals surface area (Å²) in [4.78, 5) is 27.9. The van der Waals surface area contributed by atoms with Gasteiger partial charge in [-0.05, 0) is 56.4 Å². The van der Waals surface area contributed by atoms with E-state index in [4.69, 9.17) is 0 Å². The molecular formula is C22H25N3O3. The lowest BCUT2D eigenvalue weighted by atomic mass is 9.93. The molecule has 3 N–H and O–H groups in total. The number of amides is 1. The number of H-pyrrole nitrogens is 1. The Balaban J connectivity index is 1.52. The number of hydrogen-bond acceptors (Lipinski definition) is 3. The molecule has 1 heterocycles. The van der Waals surface area contributed by atoms with Crippen LogP contribution in [0.25, 0.3) is 11.0 Å². The van der Waals surface area contributed by atoms with Crippen LogP contribution >= 0.6 is 0 Å². The van der Waals surface area contributed by atoms with Crippen LogP contribution in [0.2, 0.25) is 0 Å². The summed E-state index contributed by atoms with van der Waals surface area (Å²) in [5.74, 6) is -0.170. The van der Waals surface area contributed by atoms with Crippen molar-refractivity contribution < 1.29 is 9.90 Å². The predicted molar refractivity (Wildman–Crippen MR) is 108 cm³/mol. The van der Waals surface area contributed by atoms with Gasteiger partial charge in [-0.3, -0.25) is 9.36 Å². The number of fused-ring (bicyclic) bond motifs is 1. The first-order chi connectivity index (χ1) is 13.5. The standard InChI is InChI=1S/C22H25N3O3/c1-14-2-4-15(5-3-14)13-23-21(27)16-6-11-20-19(12-16)24-22(28)25(20)17-7-9-18(26)10-8-17/h2-6,11-12,17-18,26H,7-10,13H2,1H3,(H,23,27)(H,24,28). The third-order valence-corrected chi connectivity index (χ3v) is 5.58. The predicted octanol–water partition coefficient (Wildman–Crippen LogP) is 3.04. The van der Waals surface area contributed by atoms with Crippen molar-refractivity contribution in [1.29, 1.82) is 0 Å². The fourth-order valence-corrected chi connectivity index (χ4v) is 3.94. The van der Waals surface area contributed by atoms with Gasteiger partial charge in [-0.2, -0.15) is 0 Å². The van der Waals surface area contributed by atoms with Crippen molar-refractivity contribution in [2.24, 2.45) is 0 Å². The van der Waals surface area contributed by atoms with Crippen LogP contribution in [0, 0.1) is 6.92 Å². The van der Waals surface area contributed by atoms with E-state index in [2.05, 4.69) is 10.3 Å². The maximum absolute atomic E-state index is 12.5. The average molecular weight is 379 g/mol. The monoisotopic (exact) mass is 379 g/mol. The number of aryl methyl sites for hydroxylation is 1. The molecule has 3 aromatic rings. The van der Waals surface area contributed by atoms with Crippen molar-refractivity contribution in [2.75, 3.05) is 0 Å². The lowest BCUT2D eigenvalue weighted by Crippen LogP contribution is -2.27. The molecule has 1 aliphatic rings. The van der Waals surface area contributed by atoms with Gasteiger partial charge in [0.1, 0.15) is 0 Å². The molecule has 2 aromatic carbocycles. The highest BCUT2D eigenvalue weighted by Crippen LogP contribution is 2.29. The molecular weight excluding hydrogens is 354 g/mol. The lowest BCUT2D eigenvalue weighted by molar-refractivity contribution is 0.0951. The number of benzene rings is 2. The number of aromatic amines is 1. The summed E-state index contributed by atoms with van der Waals surface area (Å²) < 4.78 is 1.77. The van der Waals surface area contributed by atoms with Crippen molar-refractivity contribution in [3.05, 3.63) is 69.6 Å². The summed E-state index contributed by atoms with van der Waals surface area (Å²) in [5, 5.41) is 12.6. The van der Waals surface area contributed by atoms with Crippen molar-refractivity contribution >= 4 is 16.9 Å². The molecule has 0 bridgehead atoms. The first-order valence-corrected chi connectivity index (χ1v) is 9.77. The smallest absolute Gasteiger partial charge is 0.326 e. The van der Waals surface area contributed by atoms with Crippen LogP contribution in [-0.4, -0.2) is 26.7 Å². The van der Waals surface area contributed by atoms with Gasteiger partial charge in [0.15, 0.2) is 0 Å². The molecule has 1 aliphatic carbocycles. The van der Waals surface area contributed by atoms with Gasteiger partial charge < -0.3 is 15.4 Å². The van der Waals surface area contributed by atoms with Gasteiger partial charge in [-0.15, -0.1) is 0 Å². The van der Waals surface area contributed by atoms with E-state index in [0.29, 0.717) is 30.5 Å². The normalized spacial score (nSPS) is 19.6. The van der Waals surface area contributed by atoms with Crippen molar-refractivity contribution in [1.82, 2.24) is 14.9 Å². The van der Waals surface area contributed by atoms with Gasteiger partial charge in [-0.25, -0.2) is 4.79 Å². The molecule has 6 nitrogen and oxygen atoms in total. The molecule has 6 heteroatoms. The van der Waals surface area contributed by atoms with Crippen LogP contribution in [0.3, 0.4) is 0 Å². The molecule has 0 unspecified atom stereocenters. The summed E-state index contributed by atoms with van der Waals surface area (Å²) in [5.41, 5.74) is 4.06. The third kappa shape index (κ3) is 3.73. The van der Waals surface area contributed by atoms with Crippen LogP contribution in [-0.2, 0) is 6.54 Å². The minimum absolute atomic E-state index is 0.0888. The van der Waals surface area contributed by atoms with E-state index >= 15 is 0 Å². The summed E-state index contributed by atoms with van der Waals surface area (Å²) in [6.07, 6.45) is 2.73. The number of imidazole rings is 1. The molecule has 1 fully saturated rings. The number of hydrogen-bond donors (Lipinski definition) is 3. The van der Waals surface area contributed by atoms with Gasteiger partial charge in [-0.1, -0.05) is 29.8 Å². The molecule has 1 amide bonds. The Kier molecular flexibility index (Phi) is 5.05. The molecule has 146 valence electrons. The van der Waals surface area contributed by atoms with Crippen molar-refractivity contribution in [3.8, 4) is 0 Å². The van der Waals surface area contributed by atoms with Gasteiger partial charge >= 0.3 is 5.69 Å². The van der Waals surface area contributed by atoms with Gasteiger partial charge in [0.05, 0.1) is 17.1 Å². The summed E-state index contributed by atoms with van der Waals surface area (Å²) >= 11 is 0. The highest BCUT2D eigenvalue weighted by atomic mass is 16.3. The van der Waals surface area contributed by atoms with Crippen LogP contribution in [0.1, 0.15) is 53.2 Å². The first-order valence-electron chi connectivity index (χ1n) is 9.77. The topological polar surface area (TPSA) is 87.1 Å². The minimum Gasteiger partial charge on any atom is -0.393 e. The Bertz CT molecular complexity index is 1040. The summed E-state index contributed by atoms with van der Waals surface area (Å²) in [6.45, 7) is 2.49. The molecule has 0 radical (unpaired) electrons. The van der Waals surface area contributed by atoms with E-state index in [1.165, 1.54) is 5.56 Å². The van der Waals surface area contributed by atoms with Crippen molar-refractivity contribution in [2.45, 2.75) is 51.3 Å². The molecule has 0 aliphatic heterocycles. The van der Waals surface area contributed by atoms with Crippen molar-refractivity contribution in [3.63, 3.8) is 0 Å². The average Bonchev–Trinajstić information content (AvgIpc) is 3.03. The highest BCUT2D eigenvalue weighted by molar-refractivity contribution is 5.97. The molecule has 0 atom stereocenters. The summed E-state index contributed by atoms with van der Waals surface area (Å²) in [7, 11) is 0. The van der Waals surface area contributed by atoms with Crippen LogP contribution < -0.4 is 11.0 Å².